The first-order chi connectivity index (χ1) is 13.2. The first-order valence-corrected chi connectivity index (χ1v) is 9.73. The van der Waals surface area contributed by atoms with Crippen LogP contribution in [0.4, 0.5) is 4.79 Å². The number of nitrogens with one attached hydrogen (secondary N) is 1. The van der Waals surface area contributed by atoms with Gasteiger partial charge in [-0.1, -0.05) is 60.3 Å². The fraction of sp³-hybridized carbons (Fsp3) is 0.350. The number of aliphatic hydroxyl groups is 1. The molecule has 0 radical (unpaired) electrons. The largest absolute Gasteiger partial charge is 0.441 e. The molecule has 1 amide bonds. The van der Waals surface area contributed by atoms with Gasteiger partial charge in [0.2, 0.25) is 0 Å². The van der Waals surface area contributed by atoms with Gasteiger partial charge in [-0.25, -0.2) is 4.79 Å². The summed E-state index contributed by atoms with van der Waals surface area (Å²) < 4.78 is 17.1. The molecule has 142 valence electrons. The molecular formula is C20H21NO5S. The Morgan fingerprint density at radius 2 is 1.78 bits per heavy atom. The first kappa shape index (κ1) is 18.3. The van der Waals surface area contributed by atoms with E-state index in [1.165, 1.54) is 11.8 Å². The Kier molecular flexibility index (Phi) is 5.63. The van der Waals surface area contributed by atoms with Gasteiger partial charge >= 0.3 is 6.09 Å². The Morgan fingerprint density at radius 1 is 1.07 bits per heavy atom. The Bertz CT molecular complexity index is 759. The Morgan fingerprint density at radius 3 is 2.52 bits per heavy atom. The molecule has 0 spiro atoms. The SMILES string of the molecule is O=C1N[C@@H]2[C@@H](O1)[C@H](O)[C@@H](COCc1ccccc1)O[C@H]2Sc1ccccc1. The molecule has 2 N–H and O–H groups in total. The number of alkyl carbamates (subject to hydrolysis) is 1. The summed E-state index contributed by atoms with van der Waals surface area (Å²) in [5, 5.41) is 13.4. The quantitative estimate of drug-likeness (QED) is 0.793. The topological polar surface area (TPSA) is 77.0 Å². The van der Waals surface area contributed by atoms with Crippen molar-refractivity contribution in [2.24, 2.45) is 0 Å². The van der Waals surface area contributed by atoms with Crippen LogP contribution in [0, 0.1) is 0 Å². The summed E-state index contributed by atoms with van der Waals surface area (Å²) in [6.07, 6.45) is -2.71. The fourth-order valence-corrected chi connectivity index (χ4v) is 4.39. The number of carbonyl (C=O) groups excluding carboxylic acids is 1. The zero-order valence-electron chi connectivity index (χ0n) is 14.6. The first-order valence-electron chi connectivity index (χ1n) is 8.85. The highest BCUT2D eigenvalue weighted by Crippen LogP contribution is 2.36. The van der Waals surface area contributed by atoms with Crippen LogP contribution in [0.15, 0.2) is 65.6 Å². The average molecular weight is 387 g/mol. The zero-order valence-corrected chi connectivity index (χ0v) is 15.4. The van der Waals surface area contributed by atoms with Gasteiger partial charge in [0.25, 0.3) is 0 Å². The molecule has 0 unspecified atom stereocenters. The number of benzene rings is 2. The molecule has 2 aromatic rings. The molecule has 2 saturated heterocycles. The molecule has 4 rings (SSSR count). The highest BCUT2D eigenvalue weighted by Gasteiger charge is 2.52. The maximum absolute atomic E-state index is 11.7. The Hall–Kier alpha value is -2.06. The zero-order chi connectivity index (χ0) is 18.6. The van der Waals surface area contributed by atoms with Crippen molar-refractivity contribution in [1.29, 1.82) is 0 Å². The highest BCUT2D eigenvalue weighted by atomic mass is 32.2. The predicted molar refractivity (Wildman–Crippen MR) is 100 cm³/mol. The van der Waals surface area contributed by atoms with Crippen LogP contribution in [0.1, 0.15) is 5.56 Å². The summed E-state index contributed by atoms with van der Waals surface area (Å²) in [4.78, 5) is 12.7. The lowest BCUT2D eigenvalue weighted by Crippen LogP contribution is -2.58. The molecule has 2 heterocycles. The predicted octanol–water partition coefficient (Wildman–Crippen LogP) is 2.56. The molecule has 0 aliphatic carbocycles. The summed E-state index contributed by atoms with van der Waals surface area (Å²) >= 11 is 1.50. The van der Waals surface area contributed by atoms with E-state index in [9.17, 15) is 9.90 Å². The van der Waals surface area contributed by atoms with Crippen molar-refractivity contribution in [2.45, 2.75) is 41.3 Å². The van der Waals surface area contributed by atoms with Gasteiger partial charge in [-0.05, 0) is 17.7 Å². The van der Waals surface area contributed by atoms with Crippen LogP contribution in [-0.2, 0) is 20.8 Å². The minimum atomic E-state index is -0.947. The summed E-state index contributed by atoms with van der Waals surface area (Å²) in [7, 11) is 0. The van der Waals surface area contributed by atoms with Crippen LogP contribution in [0.5, 0.6) is 0 Å². The second-order valence-electron chi connectivity index (χ2n) is 6.51. The molecule has 2 fully saturated rings. The van der Waals surface area contributed by atoms with Crippen molar-refractivity contribution in [1.82, 2.24) is 5.32 Å². The van der Waals surface area contributed by atoms with E-state index in [0.717, 1.165) is 10.5 Å². The second kappa shape index (κ2) is 8.31. The van der Waals surface area contributed by atoms with E-state index >= 15 is 0 Å². The number of aliphatic hydroxyl groups excluding tert-OH is 1. The van der Waals surface area contributed by atoms with E-state index in [4.69, 9.17) is 14.2 Å². The molecule has 0 saturated carbocycles. The summed E-state index contributed by atoms with van der Waals surface area (Å²) in [5.41, 5.74) is 0.669. The van der Waals surface area contributed by atoms with Crippen molar-refractivity contribution in [3.05, 3.63) is 66.2 Å². The maximum Gasteiger partial charge on any atom is 0.408 e. The Labute approximate surface area is 161 Å². The fourth-order valence-electron chi connectivity index (χ4n) is 3.24. The normalized spacial score (nSPS) is 29.7. The lowest BCUT2D eigenvalue weighted by Gasteiger charge is -2.39. The van der Waals surface area contributed by atoms with Gasteiger partial charge in [0.15, 0.2) is 6.10 Å². The van der Waals surface area contributed by atoms with Gasteiger partial charge < -0.3 is 24.6 Å². The summed E-state index contributed by atoms with van der Waals surface area (Å²) in [6.45, 7) is 0.638. The van der Waals surface area contributed by atoms with Crippen LogP contribution in [0.2, 0.25) is 0 Å². The van der Waals surface area contributed by atoms with Gasteiger partial charge in [-0.15, -0.1) is 0 Å². The molecule has 2 aromatic carbocycles. The molecule has 0 aromatic heterocycles. The third kappa shape index (κ3) is 4.27. The molecule has 27 heavy (non-hydrogen) atoms. The number of hydrogen-bond acceptors (Lipinski definition) is 6. The molecule has 2 aliphatic heterocycles. The molecule has 5 atom stereocenters. The number of fused-ring (bicyclic) bond motifs is 1. The van der Waals surface area contributed by atoms with Crippen LogP contribution in [0.25, 0.3) is 0 Å². The number of amides is 1. The molecule has 0 bridgehead atoms. The third-order valence-electron chi connectivity index (χ3n) is 4.59. The van der Waals surface area contributed by atoms with Gasteiger partial charge in [0.1, 0.15) is 23.7 Å². The van der Waals surface area contributed by atoms with Crippen molar-refractivity contribution < 1.29 is 24.1 Å². The molecule has 2 aliphatic rings. The maximum atomic E-state index is 11.7. The van der Waals surface area contributed by atoms with Gasteiger partial charge in [-0.3, -0.25) is 0 Å². The van der Waals surface area contributed by atoms with Gasteiger partial charge in [0, 0.05) is 4.90 Å². The summed E-state index contributed by atoms with van der Waals surface area (Å²) in [6, 6.07) is 19.2. The van der Waals surface area contributed by atoms with E-state index in [2.05, 4.69) is 5.32 Å². The number of ether oxygens (including phenoxy) is 3. The number of rotatable bonds is 6. The second-order valence-corrected chi connectivity index (χ2v) is 7.68. The highest BCUT2D eigenvalue weighted by molar-refractivity contribution is 7.99. The van der Waals surface area contributed by atoms with Crippen molar-refractivity contribution >= 4 is 17.9 Å². The smallest absolute Gasteiger partial charge is 0.408 e. The van der Waals surface area contributed by atoms with Crippen LogP contribution in [-0.4, -0.2) is 47.6 Å². The van der Waals surface area contributed by atoms with E-state index in [1.807, 2.05) is 60.7 Å². The minimum absolute atomic E-state index is 0.211. The monoisotopic (exact) mass is 387 g/mol. The van der Waals surface area contributed by atoms with E-state index in [0.29, 0.717) is 6.61 Å². The third-order valence-corrected chi connectivity index (χ3v) is 5.77. The lowest BCUT2D eigenvalue weighted by atomic mass is 9.99. The van der Waals surface area contributed by atoms with E-state index in [-0.39, 0.29) is 12.0 Å². The van der Waals surface area contributed by atoms with Crippen LogP contribution >= 0.6 is 11.8 Å². The van der Waals surface area contributed by atoms with Crippen molar-refractivity contribution in [3.8, 4) is 0 Å². The molecule has 7 heteroatoms. The van der Waals surface area contributed by atoms with Crippen LogP contribution < -0.4 is 5.32 Å². The Balaban J connectivity index is 1.42. The molecule has 6 nitrogen and oxygen atoms in total. The van der Waals surface area contributed by atoms with Gasteiger partial charge in [-0.2, -0.15) is 0 Å². The lowest BCUT2D eigenvalue weighted by molar-refractivity contribution is -0.163. The summed E-state index contributed by atoms with van der Waals surface area (Å²) in [5.74, 6) is 0. The van der Waals surface area contributed by atoms with Crippen molar-refractivity contribution in [3.63, 3.8) is 0 Å². The van der Waals surface area contributed by atoms with E-state index in [1.54, 1.807) is 0 Å². The molecular weight excluding hydrogens is 366 g/mol. The van der Waals surface area contributed by atoms with Gasteiger partial charge in [0.05, 0.1) is 13.2 Å². The average Bonchev–Trinajstić information content (AvgIpc) is 3.09. The number of hydrogen-bond donors (Lipinski definition) is 2. The van der Waals surface area contributed by atoms with E-state index < -0.39 is 30.4 Å². The van der Waals surface area contributed by atoms with Crippen molar-refractivity contribution in [2.75, 3.05) is 6.61 Å². The number of thioether (sulfide) groups is 1. The standard InChI is InChI=1S/C20H21NO5S/c22-17-15(12-24-11-13-7-3-1-4-8-13)25-19(16-18(17)26-20(23)21-16)27-14-9-5-2-6-10-14/h1-10,15-19,22H,11-12H2,(H,21,23)/t15-,16-,17-,18-,19+/m1/s1. The minimum Gasteiger partial charge on any atom is -0.441 e. The van der Waals surface area contributed by atoms with Crippen LogP contribution in [0.3, 0.4) is 0 Å². The number of carbonyl (C=O) groups is 1.